The van der Waals surface area contributed by atoms with Crippen molar-refractivity contribution >= 4 is 51.6 Å². The van der Waals surface area contributed by atoms with E-state index < -0.39 is 0 Å². The number of aromatic nitrogens is 1. The number of carbonyl (C=O) groups excluding carboxylic acids is 3. The number of nitrogens with one attached hydrogen (secondary N) is 1. The summed E-state index contributed by atoms with van der Waals surface area (Å²) in [7, 11) is 1.78. The Kier molecular flexibility index (Phi) is 8.79. The largest absolute Gasteiger partial charge is 0.338 e. The van der Waals surface area contributed by atoms with Crippen molar-refractivity contribution in [2.24, 2.45) is 11.8 Å². The van der Waals surface area contributed by atoms with Crippen LogP contribution in [0, 0.1) is 11.8 Å². The Morgan fingerprint density at radius 3 is 2.47 bits per heavy atom. The molecule has 0 radical (unpaired) electrons. The van der Waals surface area contributed by atoms with Crippen LogP contribution in [0.15, 0.2) is 18.2 Å². The molecule has 4 rings (SSSR count). The molecule has 2 aliphatic rings. The first-order valence-electron chi connectivity index (χ1n) is 13.2. The summed E-state index contributed by atoms with van der Waals surface area (Å²) < 4.78 is 1.95. The monoisotopic (exact) mass is 533 g/mol. The number of likely N-dealkylation sites (N-methyl/N-ethyl adjacent to an activating group) is 1. The normalized spacial score (nSPS) is 20.6. The number of fused-ring (bicyclic) bond motifs is 1. The highest BCUT2D eigenvalue weighted by molar-refractivity contribution is 6.36. The van der Waals surface area contributed by atoms with Crippen LogP contribution in [0.4, 0.5) is 0 Å². The van der Waals surface area contributed by atoms with Crippen LogP contribution in [0.2, 0.25) is 10.2 Å². The molecule has 0 spiro atoms. The highest BCUT2D eigenvalue weighted by Crippen LogP contribution is 2.37. The molecule has 196 valence electrons. The summed E-state index contributed by atoms with van der Waals surface area (Å²) in [5.41, 5.74) is 1.31. The molecule has 8 heteroatoms. The summed E-state index contributed by atoms with van der Waals surface area (Å²) in [6, 6.07) is 5.16. The number of hydrogen-bond donors (Lipinski definition) is 1. The summed E-state index contributed by atoms with van der Waals surface area (Å²) in [6.07, 6.45) is 7.52. The molecule has 36 heavy (non-hydrogen) atoms. The maximum atomic E-state index is 14.0. The molecule has 0 bridgehead atoms. The van der Waals surface area contributed by atoms with Crippen LogP contribution < -0.4 is 5.32 Å². The van der Waals surface area contributed by atoms with Crippen LogP contribution in [0.5, 0.6) is 0 Å². The van der Waals surface area contributed by atoms with E-state index in [4.69, 9.17) is 23.2 Å². The van der Waals surface area contributed by atoms with Crippen LogP contribution in [0.3, 0.4) is 0 Å². The summed E-state index contributed by atoms with van der Waals surface area (Å²) in [6.45, 7) is 4.57. The number of rotatable bonds is 9. The van der Waals surface area contributed by atoms with Crippen molar-refractivity contribution in [1.29, 1.82) is 0 Å². The van der Waals surface area contributed by atoms with Crippen molar-refractivity contribution in [3.8, 4) is 0 Å². The van der Waals surface area contributed by atoms with Gasteiger partial charge in [0.05, 0.1) is 17.1 Å². The molecule has 6 nitrogen and oxygen atoms in total. The van der Waals surface area contributed by atoms with Crippen molar-refractivity contribution in [2.45, 2.75) is 83.8 Å². The first kappa shape index (κ1) is 27.2. The molecule has 1 saturated carbocycles. The average molecular weight is 535 g/mol. The van der Waals surface area contributed by atoms with E-state index in [9.17, 15) is 14.4 Å². The van der Waals surface area contributed by atoms with Gasteiger partial charge in [0.15, 0.2) is 5.78 Å². The van der Waals surface area contributed by atoms with E-state index in [0.717, 1.165) is 49.4 Å². The molecule has 1 aromatic carbocycles. The zero-order valence-corrected chi connectivity index (χ0v) is 23.0. The summed E-state index contributed by atoms with van der Waals surface area (Å²) in [4.78, 5) is 41.4. The van der Waals surface area contributed by atoms with Crippen molar-refractivity contribution in [3.05, 3.63) is 33.9 Å². The molecule has 1 aliphatic carbocycles. The number of Topliss-reactive ketones (excluding diaryl/α,β-unsaturated/α-hetero) is 2. The second kappa shape index (κ2) is 11.7. The minimum Gasteiger partial charge on any atom is -0.338 e. The third-order valence-corrected chi connectivity index (χ3v) is 8.87. The number of carbonyl (C=O) groups is 3. The van der Waals surface area contributed by atoms with Gasteiger partial charge in [-0.1, -0.05) is 42.5 Å². The Hall–Kier alpha value is -1.89. The Labute approximate surface area is 223 Å². The third kappa shape index (κ3) is 5.51. The Bertz CT molecular complexity index is 1140. The van der Waals surface area contributed by atoms with Gasteiger partial charge in [-0.25, -0.2) is 0 Å². The van der Waals surface area contributed by atoms with Crippen LogP contribution in [0.25, 0.3) is 10.9 Å². The lowest BCUT2D eigenvalue weighted by molar-refractivity contribution is -0.141. The molecule has 3 atom stereocenters. The fourth-order valence-corrected chi connectivity index (χ4v) is 6.66. The van der Waals surface area contributed by atoms with Crippen molar-refractivity contribution < 1.29 is 14.4 Å². The number of halogens is 2. The third-order valence-electron chi connectivity index (χ3n) is 8.24. The first-order valence-corrected chi connectivity index (χ1v) is 14.0. The smallest absolute Gasteiger partial charge is 0.226 e. The quantitative estimate of drug-likeness (QED) is 0.407. The lowest BCUT2D eigenvalue weighted by Crippen LogP contribution is -2.45. The van der Waals surface area contributed by atoms with Gasteiger partial charge in [-0.15, -0.1) is 0 Å². The van der Waals surface area contributed by atoms with Gasteiger partial charge in [0.1, 0.15) is 10.9 Å². The topological polar surface area (TPSA) is 71.4 Å². The van der Waals surface area contributed by atoms with Crippen LogP contribution in [-0.2, 0) is 16.1 Å². The van der Waals surface area contributed by atoms with Gasteiger partial charge >= 0.3 is 0 Å². The lowest BCUT2D eigenvalue weighted by Gasteiger charge is -2.35. The summed E-state index contributed by atoms with van der Waals surface area (Å²) in [5, 5.41) is 4.71. The molecule has 2 aromatic rings. The molecule has 1 saturated heterocycles. The maximum Gasteiger partial charge on any atom is 0.226 e. The Balaban J connectivity index is 1.62. The molecular formula is C28H37Cl2N3O3. The van der Waals surface area contributed by atoms with E-state index in [-0.39, 0.29) is 47.8 Å². The van der Waals surface area contributed by atoms with Gasteiger partial charge in [-0.2, -0.15) is 0 Å². The van der Waals surface area contributed by atoms with E-state index in [1.807, 2.05) is 22.5 Å². The minimum absolute atomic E-state index is 0.0380. The highest BCUT2D eigenvalue weighted by Gasteiger charge is 2.39. The van der Waals surface area contributed by atoms with Crippen LogP contribution in [-0.4, -0.2) is 52.6 Å². The molecular weight excluding hydrogens is 497 g/mol. The number of benzene rings is 1. The van der Waals surface area contributed by atoms with Gasteiger partial charge in [-0.3, -0.25) is 14.4 Å². The maximum absolute atomic E-state index is 14.0. The predicted octanol–water partition coefficient (Wildman–Crippen LogP) is 5.91. The fourth-order valence-electron chi connectivity index (χ4n) is 6.10. The number of hydrogen-bond acceptors (Lipinski definition) is 4. The number of ketones is 2. The van der Waals surface area contributed by atoms with Crippen molar-refractivity contribution in [1.82, 2.24) is 14.8 Å². The van der Waals surface area contributed by atoms with Crippen LogP contribution in [0.1, 0.15) is 75.6 Å². The molecule has 2 heterocycles. The number of amides is 1. The van der Waals surface area contributed by atoms with E-state index in [1.165, 1.54) is 13.3 Å². The molecule has 1 aromatic heterocycles. The average Bonchev–Trinajstić information content (AvgIpc) is 3.44. The Morgan fingerprint density at radius 2 is 1.81 bits per heavy atom. The fraction of sp³-hybridized carbons (Fsp3) is 0.607. The first-order chi connectivity index (χ1) is 17.2. The molecule has 1 aliphatic heterocycles. The zero-order chi connectivity index (χ0) is 26.0. The van der Waals surface area contributed by atoms with E-state index >= 15 is 0 Å². The minimum atomic E-state index is -0.280. The van der Waals surface area contributed by atoms with Gasteiger partial charge in [0.25, 0.3) is 0 Å². The van der Waals surface area contributed by atoms with E-state index in [0.29, 0.717) is 28.8 Å². The number of likely N-dealkylation sites (tertiary alicyclic amines) is 1. The highest BCUT2D eigenvalue weighted by atomic mass is 35.5. The standard InChI is InChI=1S/C28H37Cl2N3O3/c1-17(31-3)25(35)15-22(19-8-5-4-6-9-19)28(36)32-13-7-10-21(32)16-33-24-12-11-20(29)14-23(24)26(18(2)34)27(33)30/h11-12,14,17,19,21-22,31H,4-10,13,15-16H2,1-3H3/t17-,21-,22-/m0/s1. The van der Waals surface area contributed by atoms with Gasteiger partial charge in [0, 0.05) is 41.9 Å². The number of nitrogens with zero attached hydrogens (tertiary/aromatic N) is 2. The van der Waals surface area contributed by atoms with Gasteiger partial charge in [0.2, 0.25) is 5.91 Å². The second-order valence-electron chi connectivity index (χ2n) is 10.5. The molecule has 1 N–H and O–H groups in total. The van der Waals surface area contributed by atoms with E-state index in [2.05, 4.69) is 5.32 Å². The summed E-state index contributed by atoms with van der Waals surface area (Å²) >= 11 is 13.0. The second-order valence-corrected chi connectivity index (χ2v) is 11.3. The predicted molar refractivity (Wildman–Crippen MR) is 145 cm³/mol. The van der Waals surface area contributed by atoms with Crippen molar-refractivity contribution in [3.63, 3.8) is 0 Å². The Morgan fingerprint density at radius 1 is 1.08 bits per heavy atom. The zero-order valence-electron chi connectivity index (χ0n) is 21.5. The van der Waals surface area contributed by atoms with E-state index in [1.54, 1.807) is 19.2 Å². The molecule has 1 amide bonds. The van der Waals surface area contributed by atoms with Crippen LogP contribution >= 0.6 is 23.2 Å². The lowest BCUT2D eigenvalue weighted by atomic mass is 9.76. The SMILES string of the molecule is CN[C@@H](C)C(=O)C[C@H](C(=O)N1CCC[C@H]1Cn1c(Cl)c(C(C)=O)c2cc(Cl)ccc21)C1CCCCC1. The van der Waals surface area contributed by atoms with Crippen molar-refractivity contribution in [2.75, 3.05) is 13.6 Å². The van der Waals surface area contributed by atoms with Gasteiger partial charge < -0.3 is 14.8 Å². The summed E-state index contributed by atoms with van der Waals surface area (Å²) in [5.74, 6) is 0.0589. The molecule has 0 unspecified atom stereocenters. The molecule has 2 fully saturated rings. The van der Waals surface area contributed by atoms with Gasteiger partial charge in [-0.05, 0) is 70.7 Å².